The van der Waals surface area contributed by atoms with Crippen LogP contribution in [0.5, 0.6) is 0 Å². The number of hydrogen-bond donors (Lipinski definition) is 1. The Labute approximate surface area is 121 Å². The summed E-state index contributed by atoms with van der Waals surface area (Å²) in [5, 5.41) is 4.78. The molecule has 1 aliphatic carbocycles. The SMILES string of the molecule is CCNCC1CCCCCC1c1cc2ccccc2o1. The molecule has 0 bridgehead atoms. The van der Waals surface area contributed by atoms with Crippen LogP contribution < -0.4 is 5.32 Å². The van der Waals surface area contributed by atoms with Crippen molar-refractivity contribution in [1.29, 1.82) is 0 Å². The highest BCUT2D eigenvalue weighted by Crippen LogP contribution is 2.38. The van der Waals surface area contributed by atoms with Gasteiger partial charge in [-0.3, -0.25) is 0 Å². The van der Waals surface area contributed by atoms with Gasteiger partial charge in [0.15, 0.2) is 0 Å². The molecule has 0 aliphatic heterocycles. The van der Waals surface area contributed by atoms with Crippen molar-refractivity contribution in [2.75, 3.05) is 13.1 Å². The quantitative estimate of drug-likeness (QED) is 0.815. The molecule has 1 aromatic carbocycles. The van der Waals surface area contributed by atoms with Gasteiger partial charge in [0.1, 0.15) is 11.3 Å². The van der Waals surface area contributed by atoms with Crippen LogP contribution in [0.1, 0.15) is 50.7 Å². The molecular weight excluding hydrogens is 246 g/mol. The molecule has 1 aromatic heterocycles. The summed E-state index contributed by atoms with van der Waals surface area (Å²) >= 11 is 0. The van der Waals surface area contributed by atoms with Crippen LogP contribution in [0.3, 0.4) is 0 Å². The molecule has 0 saturated heterocycles. The number of para-hydroxylation sites is 1. The largest absolute Gasteiger partial charge is 0.461 e. The summed E-state index contributed by atoms with van der Waals surface area (Å²) in [4.78, 5) is 0. The van der Waals surface area contributed by atoms with E-state index < -0.39 is 0 Å². The Bertz CT molecular complexity index is 512. The molecule has 1 aliphatic rings. The minimum Gasteiger partial charge on any atom is -0.461 e. The molecule has 0 spiro atoms. The third kappa shape index (κ3) is 2.90. The molecule has 1 saturated carbocycles. The van der Waals surface area contributed by atoms with E-state index >= 15 is 0 Å². The van der Waals surface area contributed by atoms with E-state index in [0.29, 0.717) is 5.92 Å². The Morgan fingerprint density at radius 1 is 1.15 bits per heavy atom. The van der Waals surface area contributed by atoms with Crippen molar-refractivity contribution in [2.24, 2.45) is 5.92 Å². The van der Waals surface area contributed by atoms with Gasteiger partial charge in [0.05, 0.1) is 0 Å². The number of hydrogen-bond acceptors (Lipinski definition) is 2. The molecule has 2 nitrogen and oxygen atoms in total. The summed E-state index contributed by atoms with van der Waals surface area (Å²) in [6.45, 7) is 4.37. The van der Waals surface area contributed by atoms with Crippen molar-refractivity contribution < 1.29 is 4.42 Å². The summed E-state index contributed by atoms with van der Waals surface area (Å²) < 4.78 is 6.15. The highest BCUT2D eigenvalue weighted by atomic mass is 16.3. The van der Waals surface area contributed by atoms with Crippen LogP contribution in [-0.2, 0) is 0 Å². The van der Waals surface area contributed by atoms with Crippen LogP contribution in [0.15, 0.2) is 34.7 Å². The first-order valence-electron chi connectivity index (χ1n) is 8.07. The Balaban J connectivity index is 1.86. The van der Waals surface area contributed by atoms with Crippen LogP contribution in [0.4, 0.5) is 0 Å². The number of benzene rings is 1. The lowest BCUT2D eigenvalue weighted by Crippen LogP contribution is -2.26. The normalized spacial score (nSPS) is 23.9. The molecule has 20 heavy (non-hydrogen) atoms. The number of rotatable bonds is 4. The highest BCUT2D eigenvalue weighted by molar-refractivity contribution is 5.77. The number of nitrogens with one attached hydrogen (secondary N) is 1. The van der Waals surface area contributed by atoms with Crippen LogP contribution >= 0.6 is 0 Å². The van der Waals surface area contributed by atoms with E-state index in [1.807, 2.05) is 0 Å². The second-order valence-corrected chi connectivity index (χ2v) is 6.00. The Morgan fingerprint density at radius 3 is 2.85 bits per heavy atom. The van der Waals surface area contributed by atoms with Gasteiger partial charge in [0.2, 0.25) is 0 Å². The molecule has 2 aromatic rings. The van der Waals surface area contributed by atoms with Crippen LogP contribution in [-0.4, -0.2) is 13.1 Å². The monoisotopic (exact) mass is 271 g/mol. The maximum atomic E-state index is 6.15. The van der Waals surface area contributed by atoms with E-state index in [1.54, 1.807) is 0 Å². The summed E-state index contributed by atoms with van der Waals surface area (Å²) in [5.41, 5.74) is 1.04. The summed E-state index contributed by atoms with van der Waals surface area (Å²) in [5.74, 6) is 2.51. The number of furan rings is 1. The minimum atomic E-state index is 0.587. The first kappa shape index (κ1) is 13.7. The highest BCUT2D eigenvalue weighted by Gasteiger charge is 2.27. The van der Waals surface area contributed by atoms with Gasteiger partial charge in [-0.2, -0.15) is 0 Å². The zero-order chi connectivity index (χ0) is 13.8. The van der Waals surface area contributed by atoms with E-state index in [1.165, 1.54) is 43.3 Å². The van der Waals surface area contributed by atoms with Crippen LogP contribution in [0.25, 0.3) is 11.0 Å². The first-order valence-corrected chi connectivity index (χ1v) is 8.07. The lowest BCUT2D eigenvalue weighted by atomic mass is 9.86. The van der Waals surface area contributed by atoms with Crippen molar-refractivity contribution in [3.63, 3.8) is 0 Å². The van der Waals surface area contributed by atoms with E-state index in [2.05, 4.69) is 42.6 Å². The molecule has 2 atom stereocenters. The third-order valence-corrected chi connectivity index (χ3v) is 4.63. The van der Waals surface area contributed by atoms with Crippen molar-refractivity contribution in [3.8, 4) is 0 Å². The minimum absolute atomic E-state index is 0.587. The van der Waals surface area contributed by atoms with E-state index in [4.69, 9.17) is 4.42 Å². The predicted molar refractivity (Wildman–Crippen MR) is 84.1 cm³/mol. The van der Waals surface area contributed by atoms with E-state index in [0.717, 1.165) is 24.6 Å². The van der Waals surface area contributed by atoms with Crippen molar-refractivity contribution in [1.82, 2.24) is 5.32 Å². The second-order valence-electron chi connectivity index (χ2n) is 6.00. The summed E-state index contributed by atoms with van der Waals surface area (Å²) in [6.07, 6.45) is 6.68. The average molecular weight is 271 g/mol. The first-order chi connectivity index (χ1) is 9.88. The molecule has 1 N–H and O–H groups in total. The summed E-state index contributed by atoms with van der Waals surface area (Å²) in [7, 11) is 0. The molecule has 0 radical (unpaired) electrons. The van der Waals surface area contributed by atoms with Gasteiger partial charge in [-0.1, -0.05) is 44.4 Å². The fourth-order valence-electron chi connectivity index (χ4n) is 3.52. The topological polar surface area (TPSA) is 25.2 Å². The average Bonchev–Trinajstić information content (AvgIpc) is 2.76. The molecule has 2 unspecified atom stereocenters. The summed E-state index contributed by atoms with van der Waals surface area (Å²) in [6, 6.07) is 10.6. The molecule has 0 amide bonds. The Morgan fingerprint density at radius 2 is 2.00 bits per heavy atom. The molecule has 3 rings (SSSR count). The maximum absolute atomic E-state index is 6.15. The lowest BCUT2D eigenvalue weighted by molar-refractivity contribution is 0.336. The standard InChI is InChI=1S/C18H25NO/c1-2-19-13-15-9-4-3-5-10-16(15)18-12-14-8-6-7-11-17(14)20-18/h6-8,11-12,15-16,19H,2-5,9-10,13H2,1H3. The fraction of sp³-hybridized carbons (Fsp3) is 0.556. The van der Waals surface area contributed by atoms with Crippen LogP contribution in [0, 0.1) is 5.92 Å². The Kier molecular flexibility index (Phi) is 4.41. The zero-order valence-electron chi connectivity index (χ0n) is 12.4. The lowest BCUT2D eigenvalue weighted by Gasteiger charge is -2.23. The number of fused-ring (bicyclic) bond motifs is 1. The molecule has 108 valence electrons. The maximum Gasteiger partial charge on any atom is 0.134 e. The predicted octanol–water partition coefficient (Wildman–Crippen LogP) is 4.71. The van der Waals surface area contributed by atoms with Gasteiger partial charge in [0, 0.05) is 11.3 Å². The molecule has 2 heteroatoms. The van der Waals surface area contributed by atoms with Gasteiger partial charge in [-0.05, 0) is 44.0 Å². The third-order valence-electron chi connectivity index (χ3n) is 4.63. The van der Waals surface area contributed by atoms with Gasteiger partial charge in [-0.15, -0.1) is 0 Å². The van der Waals surface area contributed by atoms with E-state index in [-0.39, 0.29) is 0 Å². The molecule has 1 fully saturated rings. The van der Waals surface area contributed by atoms with Gasteiger partial charge < -0.3 is 9.73 Å². The van der Waals surface area contributed by atoms with Crippen molar-refractivity contribution in [3.05, 3.63) is 36.1 Å². The molecular formula is C18H25NO. The van der Waals surface area contributed by atoms with E-state index in [9.17, 15) is 0 Å². The van der Waals surface area contributed by atoms with Crippen molar-refractivity contribution in [2.45, 2.75) is 44.9 Å². The van der Waals surface area contributed by atoms with Gasteiger partial charge >= 0.3 is 0 Å². The van der Waals surface area contributed by atoms with Gasteiger partial charge in [0.25, 0.3) is 0 Å². The Hall–Kier alpha value is -1.28. The van der Waals surface area contributed by atoms with Crippen LogP contribution in [0.2, 0.25) is 0 Å². The van der Waals surface area contributed by atoms with Crippen molar-refractivity contribution >= 4 is 11.0 Å². The second kappa shape index (κ2) is 6.45. The zero-order valence-corrected chi connectivity index (χ0v) is 12.4. The smallest absolute Gasteiger partial charge is 0.134 e. The fourth-order valence-corrected chi connectivity index (χ4v) is 3.52. The molecule has 1 heterocycles. The van der Waals surface area contributed by atoms with Gasteiger partial charge in [-0.25, -0.2) is 0 Å².